The molecule has 0 unspecified atom stereocenters. The lowest BCUT2D eigenvalue weighted by atomic mass is 10.1. The summed E-state index contributed by atoms with van der Waals surface area (Å²) in [7, 11) is 3.43. The largest absolute Gasteiger partial charge is 0.380 e. The molecule has 0 bridgehead atoms. The molecule has 0 saturated carbocycles. The van der Waals surface area contributed by atoms with Crippen LogP contribution in [0.4, 0.5) is 4.39 Å². The highest BCUT2D eigenvalue weighted by molar-refractivity contribution is 5.94. The lowest BCUT2D eigenvalue weighted by molar-refractivity contribution is 0.0729. The van der Waals surface area contributed by atoms with Crippen molar-refractivity contribution in [2.24, 2.45) is 0 Å². The summed E-state index contributed by atoms with van der Waals surface area (Å²) in [4.78, 5) is 14.2. The predicted molar refractivity (Wildman–Crippen MR) is 75.4 cm³/mol. The Hall–Kier alpha value is -1.46. The Bertz CT molecular complexity index is 467. The second-order valence-electron chi connectivity index (χ2n) is 5.14. The minimum Gasteiger partial charge on any atom is -0.380 e. The van der Waals surface area contributed by atoms with E-state index < -0.39 is 6.17 Å². The van der Waals surface area contributed by atoms with Crippen LogP contribution in [0.1, 0.15) is 22.3 Å². The molecule has 2 atom stereocenters. The average Bonchev–Trinajstić information content (AvgIpc) is 2.80. The lowest BCUT2D eigenvalue weighted by Gasteiger charge is -2.24. The molecule has 1 saturated heterocycles. The Morgan fingerprint density at radius 1 is 1.55 bits per heavy atom. The quantitative estimate of drug-likeness (QED) is 0.891. The fourth-order valence-corrected chi connectivity index (χ4v) is 2.66. The predicted octanol–water partition coefficient (Wildman–Crippen LogP) is 1.60. The summed E-state index contributed by atoms with van der Waals surface area (Å²) in [6.45, 7) is 1.26. The number of rotatable bonds is 5. The average molecular weight is 280 g/mol. The highest BCUT2D eigenvalue weighted by atomic mass is 19.1. The van der Waals surface area contributed by atoms with Crippen molar-refractivity contribution in [3.05, 3.63) is 35.4 Å². The van der Waals surface area contributed by atoms with E-state index in [1.165, 1.54) is 0 Å². The van der Waals surface area contributed by atoms with E-state index >= 15 is 0 Å². The Kier molecular flexibility index (Phi) is 5.09. The Balaban J connectivity index is 2.15. The van der Waals surface area contributed by atoms with Crippen LogP contribution in [0.5, 0.6) is 0 Å². The summed E-state index contributed by atoms with van der Waals surface area (Å²) in [5, 5.41) is 3.02. The molecule has 1 aromatic rings. The van der Waals surface area contributed by atoms with Gasteiger partial charge in [0.15, 0.2) is 0 Å². The van der Waals surface area contributed by atoms with Gasteiger partial charge in [0.05, 0.1) is 13.2 Å². The topological polar surface area (TPSA) is 41.6 Å². The number of nitrogens with one attached hydrogen (secondary N) is 1. The zero-order chi connectivity index (χ0) is 14.5. The van der Waals surface area contributed by atoms with Crippen LogP contribution in [-0.2, 0) is 11.3 Å². The number of ether oxygens (including phenoxy) is 1. The van der Waals surface area contributed by atoms with Crippen molar-refractivity contribution < 1.29 is 13.9 Å². The molecule has 1 heterocycles. The monoisotopic (exact) mass is 280 g/mol. The summed E-state index contributed by atoms with van der Waals surface area (Å²) in [6.07, 6.45) is -0.524. The van der Waals surface area contributed by atoms with Gasteiger partial charge in [-0.1, -0.05) is 12.1 Å². The van der Waals surface area contributed by atoms with Crippen LogP contribution in [0.25, 0.3) is 0 Å². The Labute approximate surface area is 118 Å². The van der Waals surface area contributed by atoms with Crippen molar-refractivity contribution in [3.8, 4) is 0 Å². The number of hydrogen-bond donors (Lipinski definition) is 1. The van der Waals surface area contributed by atoms with Crippen LogP contribution in [0.15, 0.2) is 24.3 Å². The maximum atomic E-state index is 13.6. The van der Waals surface area contributed by atoms with E-state index in [9.17, 15) is 9.18 Å². The van der Waals surface area contributed by atoms with Crippen LogP contribution in [0.3, 0.4) is 0 Å². The van der Waals surface area contributed by atoms with Gasteiger partial charge in [0.25, 0.3) is 5.91 Å². The van der Waals surface area contributed by atoms with Crippen LogP contribution in [0, 0.1) is 0 Å². The number of likely N-dealkylation sites (N-methyl/N-ethyl adjacent to an activating group) is 1. The first-order chi connectivity index (χ1) is 9.65. The van der Waals surface area contributed by atoms with E-state index in [0.29, 0.717) is 25.1 Å². The number of likely N-dealkylation sites (tertiary alicyclic amines) is 1. The summed E-state index contributed by atoms with van der Waals surface area (Å²) in [5.41, 5.74) is 1.54. The molecule has 0 aromatic heterocycles. The van der Waals surface area contributed by atoms with Gasteiger partial charge in [-0.05, 0) is 24.7 Å². The molecule has 1 aliphatic heterocycles. The molecule has 1 aliphatic rings. The van der Waals surface area contributed by atoms with E-state index in [1.807, 2.05) is 25.2 Å². The first kappa shape index (κ1) is 14.9. The number of halogens is 1. The van der Waals surface area contributed by atoms with Gasteiger partial charge < -0.3 is 15.0 Å². The van der Waals surface area contributed by atoms with Crippen molar-refractivity contribution in [1.29, 1.82) is 0 Å². The number of amides is 1. The first-order valence-corrected chi connectivity index (χ1v) is 6.83. The van der Waals surface area contributed by atoms with Gasteiger partial charge in [0.2, 0.25) is 0 Å². The molecule has 1 aromatic carbocycles. The van der Waals surface area contributed by atoms with Gasteiger partial charge in [0, 0.05) is 31.7 Å². The van der Waals surface area contributed by atoms with Crippen LogP contribution < -0.4 is 5.32 Å². The molecule has 1 amide bonds. The number of hydrogen-bond acceptors (Lipinski definition) is 3. The van der Waals surface area contributed by atoms with Crippen molar-refractivity contribution in [2.75, 3.05) is 27.2 Å². The molecule has 1 fully saturated rings. The Morgan fingerprint density at radius 3 is 3.05 bits per heavy atom. The minimum atomic E-state index is -0.931. The first-order valence-electron chi connectivity index (χ1n) is 6.83. The van der Waals surface area contributed by atoms with Gasteiger partial charge in [-0.3, -0.25) is 4.79 Å². The lowest BCUT2D eigenvalue weighted by Crippen LogP contribution is -2.41. The van der Waals surface area contributed by atoms with Crippen molar-refractivity contribution >= 4 is 5.91 Å². The number of carbonyl (C=O) groups excluding carboxylic acids is 1. The molecular weight excluding hydrogens is 259 g/mol. The maximum Gasteiger partial charge on any atom is 0.254 e. The SMILES string of the molecule is CNC[C@@H]1C[C@H](F)CN1C(=O)c1cccc(COC)c1. The number of alkyl halides is 1. The zero-order valence-corrected chi connectivity index (χ0v) is 11.9. The fraction of sp³-hybridized carbons (Fsp3) is 0.533. The summed E-state index contributed by atoms with van der Waals surface area (Å²) in [6, 6.07) is 7.25. The number of nitrogens with zero attached hydrogens (tertiary/aromatic N) is 1. The molecule has 20 heavy (non-hydrogen) atoms. The van der Waals surface area contributed by atoms with Crippen molar-refractivity contribution in [1.82, 2.24) is 10.2 Å². The van der Waals surface area contributed by atoms with Gasteiger partial charge in [-0.2, -0.15) is 0 Å². The molecule has 0 aliphatic carbocycles. The van der Waals surface area contributed by atoms with Crippen LogP contribution in [0.2, 0.25) is 0 Å². The summed E-state index contributed by atoms with van der Waals surface area (Å²) in [5.74, 6) is -0.108. The third-order valence-corrected chi connectivity index (χ3v) is 3.55. The second kappa shape index (κ2) is 6.81. The van der Waals surface area contributed by atoms with E-state index in [4.69, 9.17) is 4.74 Å². The fourth-order valence-electron chi connectivity index (χ4n) is 2.66. The smallest absolute Gasteiger partial charge is 0.254 e. The zero-order valence-electron chi connectivity index (χ0n) is 11.9. The van der Waals surface area contributed by atoms with Gasteiger partial charge >= 0.3 is 0 Å². The van der Waals surface area contributed by atoms with E-state index in [0.717, 1.165) is 5.56 Å². The Morgan fingerprint density at radius 2 is 2.35 bits per heavy atom. The molecule has 4 nitrogen and oxygen atoms in total. The number of benzene rings is 1. The summed E-state index contributed by atoms with van der Waals surface area (Å²) >= 11 is 0. The second-order valence-corrected chi connectivity index (χ2v) is 5.14. The molecule has 2 rings (SSSR count). The highest BCUT2D eigenvalue weighted by Crippen LogP contribution is 2.22. The minimum absolute atomic E-state index is 0.0754. The number of carbonyl (C=O) groups is 1. The maximum absolute atomic E-state index is 13.6. The van der Waals surface area contributed by atoms with Gasteiger partial charge in [-0.25, -0.2) is 4.39 Å². The normalized spacial score (nSPS) is 22.2. The molecule has 5 heteroatoms. The summed E-state index contributed by atoms with van der Waals surface area (Å²) < 4.78 is 18.7. The van der Waals surface area contributed by atoms with Crippen molar-refractivity contribution in [2.45, 2.75) is 25.2 Å². The standard InChI is InChI=1S/C15H21FN2O2/c1-17-8-14-7-13(16)9-18(14)15(19)12-5-3-4-11(6-12)10-20-2/h3-6,13-14,17H,7-10H2,1-2H3/t13-,14-/m0/s1. The van der Waals surface area contributed by atoms with Gasteiger partial charge in [-0.15, -0.1) is 0 Å². The molecule has 110 valence electrons. The molecule has 1 N–H and O–H groups in total. The third kappa shape index (κ3) is 3.35. The van der Waals surface area contributed by atoms with E-state index in [2.05, 4.69) is 5.32 Å². The van der Waals surface area contributed by atoms with E-state index in [-0.39, 0.29) is 18.5 Å². The van der Waals surface area contributed by atoms with Crippen LogP contribution >= 0.6 is 0 Å². The molecule has 0 spiro atoms. The third-order valence-electron chi connectivity index (χ3n) is 3.55. The molecular formula is C15H21FN2O2. The van der Waals surface area contributed by atoms with Crippen LogP contribution in [-0.4, -0.2) is 50.3 Å². The molecule has 0 radical (unpaired) electrons. The van der Waals surface area contributed by atoms with E-state index in [1.54, 1.807) is 18.1 Å². The van der Waals surface area contributed by atoms with Gasteiger partial charge in [0.1, 0.15) is 6.17 Å². The number of methoxy groups -OCH3 is 1. The van der Waals surface area contributed by atoms with Crippen molar-refractivity contribution in [3.63, 3.8) is 0 Å². The highest BCUT2D eigenvalue weighted by Gasteiger charge is 2.35.